The largest absolute Gasteiger partial charge is 0.508 e. The van der Waals surface area contributed by atoms with Gasteiger partial charge in [-0.25, -0.2) is 0 Å². The molecule has 1 aromatic rings. The number of carbonyl (C=O) groups excluding carboxylic acids is 1. The number of rotatable bonds is 4. The number of aromatic hydroxyl groups is 2. The van der Waals surface area contributed by atoms with E-state index in [1.165, 1.54) is 19.1 Å². The molecule has 0 bridgehead atoms. The number of benzene rings is 1. The zero-order chi connectivity index (χ0) is 13.9. The summed E-state index contributed by atoms with van der Waals surface area (Å²) in [5.74, 6) is -2.86. The third kappa shape index (κ3) is 3.13. The summed E-state index contributed by atoms with van der Waals surface area (Å²) in [6.45, 7) is 3.04. The molecule has 0 spiro atoms. The molecule has 2 atom stereocenters. The molecule has 0 saturated carbocycles. The number of hydrogen-bond donors (Lipinski definition) is 4. The summed E-state index contributed by atoms with van der Waals surface area (Å²) >= 11 is 0. The van der Waals surface area contributed by atoms with E-state index in [0.29, 0.717) is 0 Å². The summed E-state index contributed by atoms with van der Waals surface area (Å²) in [7, 11) is 0. The Hall–Kier alpha value is -2.24. The van der Waals surface area contributed by atoms with Crippen LogP contribution in [0, 0.1) is 5.92 Å². The van der Waals surface area contributed by atoms with Crippen LogP contribution in [0.15, 0.2) is 18.2 Å². The first-order chi connectivity index (χ1) is 8.32. The molecule has 2 unspecified atom stereocenters. The average molecular weight is 253 g/mol. The number of carboxylic acids is 1. The first kappa shape index (κ1) is 13.8. The minimum atomic E-state index is -1.02. The first-order valence-electron chi connectivity index (χ1n) is 5.38. The predicted octanol–water partition coefficient (Wildman–Crippen LogP) is 0.937. The molecule has 18 heavy (non-hydrogen) atoms. The Labute approximate surface area is 104 Å². The van der Waals surface area contributed by atoms with Crippen LogP contribution >= 0.6 is 0 Å². The van der Waals surface area contributed by atoms with Crippen LogP contribution in [0.4, 0.5) is 0 Å². The van der Waals surface area contributed by atoms with Crippen LogP contribution in [-0.2, 0) is 4.79 Å². The van der Waals surface area contributed by atoms with Crippen LogP contribution in [0.25, 0.3) is 0 Å². The monoisotopic (exact) mass is 253 g/mol. The van der Waals surface area contributed by atoms with E-state index in [4.69, 9.17) is 10.2 Å². The second-order valence-corrected chi connectivity index (χ2v) is 4.09. The van der Waals surface area contributed by atoms with Crippen molar-refractivity contribution in [3.05, 3.63) is 23.8 Å². The summed E-state index contributed by atoms with van der Waals surface area (Å²) in [6.07, 6.45) is 0. The number of carboxylic acid groups (broad SMARTS) is 1. The average Bonchev–Trinajstić information content (AvgIpc) is 2.27. The molecule has 1 rings (SSSR count). The van der Waals surface area contributed by atoms with Crippen LogP contribution in [0.1, 0.15) is 24.2 Å². The van der Waals surface area contributed by atoms with Gasteiger partial charge in [0.1, 0.15) is 11.5 Å². The molecule has 0 aliphatic heterocycles. The van der Waals surface area contributed by atoms with E-state index < -0.39 is 23.8 Å². The lowest BCUT2D eigenvalue weighted by molar-refractivity contribution is -0.141. The summed E-state index contributed by atoms with van der Waals surface area (Å²) in [5, 5.41) is 29.8. The number of carbonyl (C=O) groups is 2. The number of aliphatic carboxylic acids is 1. The fourth-order valence-electron chi connectivity index (χ4n) is 1.34. The van der Waals surface area contributed by atoms with Crippen molar-refractivity contribution >= 4 is 11.9 Å². The maximum Gasteiger partial charge on any atom is 0.308 e. The number of hydrogen-bond acceptors (Lipinski definition) is 4. The van der Waals surface area contributed by atoms with Gasteiger partial charge < -0.3 is 20.6 Å². The van der Waals surface area contributed by atoms with Crippen molar-refractivity contribution in [2.75, 3.05) is 0 Å². The van der Waals surface area contributed by atoms with E-state index in [-0.39, 0.29) is 17.1 Å². The molecular formula is C12H15NO5. The topological polar surface area (TPSA) is 107 Å². The molecule has 0 aliphatic carbocycles. The SMILES string of the molecule is CC(NC(=O)c1ccc(O)cc1O)C(C)C(=O)O. The molecule has 1 amide bonds. The lowest BCUT2D eigenvalue weighted by atomic mass is 10.0. The predicted molar refractivity (Wildman–Crippen MR) is 63.5 cm³/mol. The Bertz CT molecular complexity index is 472. The van der Waals surface area contributed by atoms with Gasteiger partial charge in [-0.15, -0.1) is 0 Å². The van der Waals surface area contributed by atoms with E-state index >= 15 is 0 Å². The molecule has 4 N–H and O–H groups in total. The van der Waals surface area contributed by atoms with Crippen molar-refractivity contribution in [3.63, 3.8) is 0 Å². The Morgan fingerprint density at radius 2 is 1.83 bits per heavy atom. The summed E-state index contributed by atoms with van der Waals surface area (Å²) < 4.78 is 0. The molecule has 0 aromatic heterocycles. The molecule has 0 saturated heterocycles. The smallest absolute Gasteiger partial charge is 0.308 e. The van der Waals surface area contributed by atoms with Crippen LogP contribution in [0.3, 0.4) is 0 Å². The van der Waals surface area contributed by atoms with Crippen molar-refractivity contribution in [2.45, 2.75) is 19.9 Å². The normalized spacial score (nSPS) is 13.7. The zero-order valence-electron chi connectivity index (χ0n) is 10.0. The Morgan fingerprint density at radius 1 is 1.22 bits per heavy atom. The summed E-state index contributed by atoms with van der Waals surface area (Å²) in [6, 6.07) is 2.99. The maximum atomic E-state index is 11.8. The Balaban J connectivity index is 2.79. The molecular weight excluding hydrogens is 238 g/mol. The van der Waals surface area contributed by atoms with Crippen LogP contribution in [-0.4, -0.2) is 33.2 Å². The van der Waals surface area contributed by atoms with Gasteiger partial charge in [-0.3, -0.25) is 9.59 Å². The summed E-state index contributed by atoms with van der Waals surface area (Å²) in [4.78, 5) is 22.5. The molecule has 6 nitrogen and oxygen atoms in total. The molecule has 0 heterocycles. The molecule has 0 radical (unpaired) electrons. The van der Waals surface area contributed by atoms with Gasteiger partial charge >= 0.3 is 5.97 Å². The minimum Gasteiger partial charge on any atom is -0.508 e. The fourth-order valence-corrected chi connectivity index (χ4v) is 1.34. The van der Waals surface area contributed by atoms with Crippen molar-refractivity contribution in [1.29, 1.82) is 0 Å². The quantitative estimate of drug-likeness (QED) is 0.638. The number of phenolic OH excluding ortho intramolecular Hbond substituents is 2. The third-order valence-electron chi connectivity index (χ3n) is 2.72. The molecule has 6 heteroatoms. The summed E-state index contributed by atoms with van der Waals surface area (Å²) in [5.41, 5.74) is -0.0164. The van der Waals surface area contributed by atoms with Crippen LogP contribution in [0.2, 0.25) is 0 Å². The van der Waals surface area contributed by atoms with E-state index in [1.807, 2.05) is 0 Å². The van der Waals surface area contributed by atoms with Crippen molar-refractivity contribution in [2.24, 2.45) is 5.92 Å². The van der Waals surface area contributed by atoms with Crippen molar-refractivity contribution in [3.8, 4) is 11.5 Å². The van der Waals surface area contributed by atoms with Gasteiger partial charge in [0.05, 0.1) is 11.5 Å². The fraction of sp³-hybridized carbons (Fsp3) is 0.333. The van der Waals surface area contributed by atoms with E-state index in [1.54, 1.807) is 6.92 Å². The van der Waals surface area contributed by atoms with Gasteiger partial charge in [0.2, 0.25) is 0 Å². The number of amides is 1. The first-order valence-corrected chi connectivity index (χ1v) is 5.38. The molecule has 98 valence electrons. The highest BCUT2D eigenvalue weighted by molar-refractivity contribution is 5.97. The zero-order valence-corrected chi connectivity index (χ0v) is 10.0. The second-order valence-electron chi connectivity index (χ2n) is 4.09. The van der Waals surface area contributed by atoms with Gasteiger partial charge in [0.25, 0.3) is 5.91 Å². The highest BCUT2D eigenvalue weighted by Gasteiger charge is 2.22. The van der Waals surface area contributed by atoms with Gasteiger partial charge in [-0.2, -0.15) is 0 Å². The van der Waals surface area contributed by atoms with E-state index in [2.05, 4.69) is 5.32 Å². The standard InChI is InChI=1S/C12H15NO5/c1-6(12(17)18)7(2)13-11(16)9-4-3-8(14)5-10(9)15/h3-7,14-15H,1-2H3,(H,13,16)(H,17,18). The lowest BCUT2D eigenvalue weighted by Gasteiger charge is -2.18. The number of nitrogens with one attached hydrogen (secondary N) is 1. The maximum absolute atomic E-state index is 11.8. The van der Waals surface area contributed by atoms with Crippen LogP contribution in [0.5, 0.6) is 11.5 Å². The van der Waals surface area contributed by atoms with Crippen molar-refractivity contribution < 1.29 is 24.9 Å². The third-order valence-corrected chi connectivity index (χ3v) is 2.72. The molecule has 0 fully saturated rings. The molecule has 1 aromatic carbocycles. The molecule has 0 aliphatic rings. The van der Waals surface area contributed by atoms with Gasteiger partial charge in [-0.05, 0) is 26.0 Å². The highest BCUT2D eigenvalue weighted by Crippen LogP contribution is 2.22. The van der Waals surface area contributed by atoms with Crippen LogP contribution < -0.4 is 5.32 Å². The van der Waals surface area contributed by atoms with Gasteiger partial charge in [0, 0.05) is 12.1 Å². The van der Waals surface area contributed by atoms with Gasteiger partial charge in [-0.1, -0.05) is 0 Å². The van der Waals surface area contributed by atoms with Crippen molar-refractivity contribution in [1.82, 2.24) is 5.32 Å². The number of phenols is 2. The van der Waals surface area contributed by atoms with E-state index in [9.17, 15) is 14.7 Å². The highest BCUT2D eigenvalue weighted by atomic mass is 16.4. The van der Waals surface area contributed by atoms with Gasteiger partial charge in [0.15, 0.2) is 0 Å². The lowest BCUT2D eigenvalue weighted by Crippen LogP contribution is -2.40. The van der Waals surface area contributed by atoms with E-state index in [0.717, 1.165) is 6.07 Å². The Morgan fingerprint density at radius 3 is 2.33 bits per heavy atom. The second kappa shape index (κ2) is 5.39. The minimum absolute atomic E-state index is 0.0164. The Kier molecular flexibility index (Phi) is 4.14.